The molecular weight excluding hydrogens is 432 g/mol. The molecule has 0 saturated heterocycles. The fraction of sp³-hybridized carbons (Fsp3) is 0.414. The van der Waals surface area contributed by atoms with Crippen LogP contribution in [0.15, 0.2) is 47.6 Å². The van der Waals surface area contributed by atoms with E-state index in [0.717, 1.165) is 17.5 Å². The second-order valence-corrected chi connectivity index (χ2v) is 8.91. The van der Waals surface area contributed by atoms with Gasteiger partial charge in [-0.1, -0.05) is 70.2 Å². The van der Waals surface area contributed by atoms with Gasteiger partial charge in [-0.2, -0.15) is 0 Å². The third-order valence-electron chi connectivity index (χ3n) is 5.23. The van der Waals surface area contributed by atoms with Gasteiger partial charge in [-0.05, 0) is 63.3 Å². The summed E-state index contributed by atoms with van der Waals surface area (Å²) in [6, 6.07) is 12.7. The molecule has 2 aromatic carbocycles. The number of rotatable bonds is 5. The minimum atomic E-state index is 0.500. The number of benzene rings is 2. The van der Waals surface area contributed by atoms with Crippen LogP contribution in [0, 0.1) is 6.92 Å². The van der Waals surface area contributed by atoms with Gasteiger partial charge in [0, 0.05) is 25.0 Å². The van der Waals surface area contributed by atoms with Gasteiger partial charge in [0.2, 0.25) is 5.95 Å². The van der Waals surface area contributed by atoms with Crippen LogP contribution in [0.4, 0.5) is 5.95 Å². The second kappa shape index (κ2) is 14.9. The van der Waals surface area contributed by atoms with E-state index >= 15 is 0 Å². The Hall–Kier alpha value is -3.25. The first-order valence-corrected chi connectivity index (χ1v) is 12.2. The SMILES string of the molecule is C=c1nc(N(C)Cc2c(C)ccc3ccccc23)nc/c1=C(\C)N=C(C)N.CCC.CCN(C)C. The van der Waals surface area contributed by atoms with E-state index in [1.54, 1.807) is 13.1 Å². The van der Waals surface area contributed by atoms with Gasteiger partial charge in [-0.25, -0.2) is 15.0 Å². The molecule has 0 aliphatic carbocycles. The molecule has 3 aromatic rings. The Morgan fingerprint density at radius 3 is 2.17 bits per heavy atom. The van der Waals surface area contributed by atoms with Crippen molar-refractivity contribution in [2.24, 2.45) is 10.7 Å². The molecule has 0 radical (unpaired) electrons. The molecule has 2 N–H and O–H groups in total. The predicted octanol–water partition coefficient (Wildman–Crippen LogP) is 4.47. The highest BCUT2D eigenvalue weighted by molar-refractivity contribution is 5.87. The third kappa shape index (κ3) is 9.49. The van der Waals surface area contributed by atoms with E-state index in [4.69, 9.17) is 5.73 Å². The van der Waals surface area contributed by atoms with Gasteiger partial charge in [0.15, 0.2) is 0 Å². The van der Waals surface area contributed by atoms with Gasteiger partial charge in [-0.15, -0.1) is 0 Å². The van der Waals surface area contributed by atoms with Crippen LogP contribution in [-0.2, 0) is 6.54 Å². The lowest BCUT2D eigenvalue weighted by Gasteiger charge is -2.20. The maximum absolute atomic E-state index is 5.66. The lowest BCUT2D eigenvalue weighted by atomic mass is 9.99. The zero-order valence-electron chi connectivity index (χ0n) is 23.2. The molecule has 1 aromatic heterocycles. The molecule has 0 aliphatic rings. The van der Waals surface area contributed by atoms with Crippen molar-refractivity contribution in [1.82, 2.24) is 14.9 Å². The van der Waals surface area contributed by atoms with Gasteiger partial charge >= 0.3 is 0 Å². The van der Waals surface area contributed by atoms with E-state index in [1.165, 1.54) is 28.3 Å². The molecule has 0 spiro atoms. The quantitative estimate of drug-likeness (QED) is 0.434. The average Bonchev–Trinajstić information content (AvgIpc) is 2.81. The van der Waals surface area contributed by atoms with E-state index in [-0.39, 0.29) is 0 Å². The number of nitrogens with zero attached hydrogens (tertiary/aromatic N) is 5. The fourth-order valence-electron chi connectivity index (χ4n) is 3.18. The fourth-order valence-corrected chi connectivity index (χ4v) is 3.18. The molecule has 6 nitrogen and oxygen atoms in total. The predicted molar refractivity (Wildman–Crippen MR) is 154 cm³/mol. The van der Waals surface area contributed by atoms with Crippen molar-refractivity contribution in [3.63, 3.8) is 0 Å². The molecule has 0 aliphatic heterocycles. The molecule has 1 heterocycles. The summed E-state index contributed by atoms with van der Waals surface area (Å²) in [4.78, 5) is 17.5. The van der Waals surface area contributed by atoms with E-state index in [1.807, 2.05) is 18.9 Å². The normalized spacial score (nSPS) is 11.9. The third-order valence-corrected chi connectivity index (χ3v) is 5.23. The first-order chi connectivity index (χ1) is 16.5. The summed E-state index contributed by atoms with van der Waals surface area (Å²) < 4.78 is 0. The molecule has 35 heavy (non-hydrogen) atoms. The highest BCUT2D eigenvalue weighted by atomic mass is 15.2. The summed E-state index contributed by atoms with van der Waals surface area (Å²) in [7, 11) is 6.11. The number of hydrogen-bond donors (Lipinski definition) is 1. The molecule has 6 heteroatoms. The van der Waals surface area contributed by atoms with Crippen LogP contribution in [0.1, 0.15) is 52.2 Å². The Morgan fingerprint density at radius 1 is 1.03 bits per heavy atom. The Bertz CT molecular complexity index is 1210. The van der Waals surface area contributed by atoms with E-state index in [9.17, 15) is 0 Å². The molecule has 190 valence electrons. The van der Waals surface area contributed by atoms with Crippen LogP contribution in [0.3, 0.4) is 0 Å². The minimum absolute atomic E-state index is 0.500. The number of nitrogens with two attached hydrogens (primary N) is 1. The number of hydrogen-bond acceptors (Lipinski definition) is 5. The second-order valence-electron chi connectivity index (χ2n) is 8.91. The van der Waals surface area contributed by atoms with Crippen molar-refractivity contribution in [1.29, 1.82) is 0 Å². The Balaban J connectivity index is 0.000000669. The summed E-state index contributed by atoms with van der Waals surface area (Å²) in [6.07, 6.45) is 3.01. The van der Waals surface area contributed by atoms with Crippen molar-refractivity contribution in [3.8, 4) is 0 Å². The Labute approximate surface area is 211 Å². The minimum Gasteiger partial charge on any atom is -0.387 e. The van der Waals surface area contributed by atoms with Crippen molar-refractivity contribution >= 4 is 34.8 Å². The maximum Gasteiger partial charge on any atom is 0.225 e. The Kier molecular flexibility index (Phi) is 12.7. The molecule has 0 saturated carbocycles. The standard InChI is InChI=1S/C22H25N5.C4H11N.C3H8/c1-14-10-11-18-8-6-7-9-19(18)21(14)13-27(5)22-24-12-20(16(3)26-22)15(2)25-17(4)23;1-4-5(2)3;1-3-2/h6-12H,3,13H2,1-2,4-5H3,(H2,23,25);4H2,1-3H3;3H2,1-2H3/b20-15-;;. The van der Waals surface area contributed by atoms with Crippen LogP contribution in [-0.4, -0.2) is 48.4 Å². The van der Waals surface area contributed by atoms with Gasteiger partial charge in [-0.3, -0.25) is 0 Å². The lowest BCUT2D eigenvalue weighted by molar-refractivity contribution is 0.434. The maximum atomic E-state index is 5.66. The van der Waals surface area contributed by atoms with Crippen molar-refractivity contribution in [2.45, 2.75) is 54.5 Å². The Morgan fingerprint density at radius 2 is 1.63 bits per heavy atom. The first-order valence-electron chi connectivity index (χ1n) is 12.2. The molecule has 3 rings (SSSR count). The van der Waals surface area contributed by atoms with Crippen molar-refractivity contribution in [3.05, 3.63) is 64.3 Å². The number of aromatic nitrogens is 2. The highest BCUT2D eigenvalue weighted by Crippen LogP contribution is 2.24. The smallest absolute Gasteiger partial charge is 0.225 e. The van der Waals surface area contributed by atoms with E-state index in [0.29, 0.717) is 23.7 Å². The molecule has 0 bridgehead atoms. The number of fused-ring (bicyclic) bond motifs is 1. The molecule has 0 atom stereocenters. The number of amidine groups is 1. The summed E-state index contributed by atoms with van der Waals surface area (Å²) in [6.45, 7) is 18.1. The zero-order chi connectivity index (χ0) is 26.5. The molecule has 0 fully saturated rings. The first kappa shape index (κ1) is 29.8. The van der Waals surface area contributed by atoms with Gasteiger partial charge in [0.25, 0.3) is 0 Å². The number of aryl methyl sites for hydroxylation is 1. The lowest BCUT2D eigenvalue weighted by Crippen LogP contribution is -2.33. The molecule has 0 amide bonds. The summed E-state index contributed by atoms with van der Waals surface area (Å²) >= 11 is 0. The van der Waals surface area contributed by atoms with Crippen molar-refractivity contribution < 1.29 is 0 Å². The summed E-state index contributed by atoms with van der Waals surface area (Å²) in [5.41, 5.74) is 8.96. The van der Waals surface area contributed by atoms with Gasteiger partial charge < -0.3 is 15.5 Å². The zero-order valence-corrected chi connectivity index (χ0v) is 23.2. The average molecular weight is 477 g/mol. The topological polar surface area (TPSA) is 70.6 Å². The van der Waals surface area contributed by atoms with E-state index < -0.39 is 0 Å². The summed E-state index contributed by atoms with van der Waals surface area (Å²) in [5, 5.41) is 3.94. The van der Waals surface area contributed by atoms with Crippen LogP contribution in [0.2, 0.25) is 0 Å². The van der Waals surface area contributed by atoms with Crippen LogP contribution in [0.5, 0.6) is 0 Å². The van der Waals surface area contributed by atoms with E-state index in [2.05, 4.69) is 105 Å². The van der Waals surface area contributed by atoms with Crippen LogP contribution < -0.4 is 21.2 Å². The van der Waals surface area contributed by atoms with Crippen molar-refractivity contribution in [2.75, 3.05) is 32.6 Å². The molecular formula is C29H44N6. The number of anilines is 1. The van der Waals surface area contributed by atoms with Gasteiger partial charge in [0.1, 0.15) is 0 Å². The van der Waals surface area contributed by atoms with Crippen LogP contribution >= 0.6 is 0 Å². The summed E-state index contributed by atoms with van der Waals surface area (Å²) in [5.74, 6) is 1.14. The largest absolute Gasteiger partial charge is 0.387 e. The monoisotopic (exact) mass is 476 g/mol. The van der Waals surface area contributed by atoms with Crippen LogP contribution in [0.25, 0.3) is 23.0 Å². The molecule has 0 unspecified atom stereocenters. The highest BCUT2D eigenvalue weighted by Gasteiger charge is 2.10. The number of aliphatic imine (C=N–C) groups is 1. The van der Waals surface area contributed by atoms with Gasteiger partial charge in [0.05, 0.1) is 16.9 Å².